The second-order valence-electron chi connectivity index (χ2n) is 6.84. The molecule has 1 aromatic heterocycles. The Morgan fingerprint density at radius 1 is 1.21 bits per heavy atom. The molecule has 3 aromatic rings. The van der Waals surface area contributed by atoms with Gasteiger partial charge < -0.3 is 20.6 Å². The van der Waals surface area contributed by atoms with E-state index in [1.54, 1.807) is 19.1 Å². The van der Waals surface area contributed by atoms with Crippen LogP contribution < -0.4 is 10.6 Å². The van der Waals surface area contributed by atoms with Crippen molar-refractivity contribution in [2.45, 2.75) is 13.1 Å². The first-order valence-corrected chi connectivity index (χ1v) is 9.77. The molecule has 0 atom stereocenters. The van der Waals surface area contributed by atoms with Crippen LogP contribution in [0.2, 0.25) is 5.02 Å². The Morgan fingerprint density at radius 2 is 1.94 bits per heavy atom. The molecule has 1 heterocycles. The number of amides is 1. The van der Waals surface area contributed by atoms with E-state index in [2.05, 4.69) is 15.8 Å². The smallest absolute Gasteiger partial charge is 0.355 e. The largest absolute Gasteiger partial charge is 0.432 e. The molecular formula is C22H17ClF4N4O2. The van der Waals surface area contributed by atoms with Crippen molar-refractivity contribution in [2.24, 2.45) is 0 Å². The van der Waals surface area contributed by atoms with E-state index >= 15 is 0 Å². The van der Waals surface area contributed by atoms with Gasteiger partial charge in [-0.3, -0.25) is 4.79 Å². The van der Waals surface area contributed by atoms with Gasteiger partial charge in [0.15, 0.2) is 5.76 Å². The van der Waals surface area contributed by atoms with Crippen molar-refractivity contribution in [3.05, 3.63) is 75.9 Å². The number of nitrogens with one attached hydrogen (secondary N) is 3. The van der Waals surface area contributed by atoms with E-state index in [0.29, 0.717) is 16.8 Å². The van der Waals surface area contributed by atoms with Gasteiger partial charge in [0, 0.05) is 29.5 Å². The first-order chi connectivity index (χ1) is 15.6. The molecule has 0 spiro atoms. The third-order valence-corrected chi connectivity index (χ3v) is 5.03. The van der Waals surface area contributed by atoms with E-state index in [1.165, 1.54) is 25.2 Å². The minimum Gasteiger partial charge on any atom is -0.355 e. The molecule has 0 aliphatic carbocycles. The van der Waals surface area contributed by atoms with Crippen molar-refractivity contribution in [3.8, 4) is 11.3 Å². The first-order valence-electron chi connectivity index (χ1n) is 9.40. The zero-order valence-electron chi connectivity index (χ0n) is 17.3. The molecule has 3 rings (SSSR count). The summed E-state index contributed by atoms with van der Waals surface area (Å²) in [6.07, 6.45) is -4.63. The molecule has 0 radical (unpaired) electrons. The van der Waals surface area contributed by atoms with Crippen LogP contribution in [0.3, 0.4) is 0 Å². The molecule has 2 aromatic carbocycles. The van der Waals surface area contributed by atoms with Gasteiger partial charge in [0.25, 0.3) is 5.91 Å². The van der Waals surface area contributed by atoms with Crippen LogP contribution in [-0.4, -0.2) is 30.5 Å². The molecule has 33 heavy (non-hydrogen) atoms. The number of halogens is 5. The molecule has 172 valence electrons. The van der Waals surface area contributed by atoms with E-state index in [-0.39, 0.29) is 16.9 Å². The van der Waals surface area contributed by atoms with Gasteiger partial charge in [0.1, 0.15) is 22.8 Å². The zero-order chi connectivity index (χ0) is 24.3. The second-order valence-corrected chi connectivity index (χ2v) is 7.25. The van der Waals surface area contributed by atoms with Crippen LogP contribution in [-0.2, 0) is 0 Å². The molecule has 0 saturated carbocycles. The van der Waals surface area contributed by atoms with E-state index < -0.39 is 34.9 Å². The van der Waals surface area contributed by atoms with Gasteiger partial charge >= 0.3 is 6.18 Å². The quantitative estimate of drug-likeness (QED) is 0.305. The number of benzene rings is 2. The van der Waals surface area contributed by atoms with Crippen molar-refractivity contribution in [2.75, 3.05) is 12.4 Å². The number of aromatic nitrogens is 1. The number of hydrogen-bond acceptors (Lipinski definition) is 5. The fourth-order valence-corrected chi connectivity index (χ4v) is 3.18. The Hall–Kier alpha value is -3.66. The number of hydrogen-bond donors (Lipinski definition) is 3. The molecule has 0 aliphatic rings. The summed E-state index contributed by atoms with van der Waals surface area (Å²) < 4.78 is 60.6. The summed E-state index contributed by atoms with van der Waals surface area (Å²) in [4.78, 5) is 12.6. The fourth-order valence-electron chi connectivity index (χ4n) is 3.00. The van der Waals surface area contributed by atoms with Crippen LogP contribution in [0.5, 0.6) is 0 Å². The lowest BCUT2D eigenvalue weighted by Crippen LogP contribution is -2.23. The highest BCUT2D eigenvalue weighted by atomic mass is 35.5. The molecule has 0 bridgehead atoms. The summed E-state index contributed by atoms with van der Waals surface area (Å²) in [7, 11) is 1.29. The van der Waals surface area contributed by atoms with Gasteiger partial charge in [-0.05, 0) is 36.8 Å². The minimum absolute atomic E-state index is 0.0575. The van der Waals surface area contributed by atoms with Gasteiger partial charge in [-0.1, -0.05) is 35.0 Å². The normalized spacial score (nSPS) is 12.2. The fraction of sp³-hybridized carbons (Fsp3) is 0.136. The summed E-state index contributed by atoms with van der Waals surface area (Å²) in [5.41, 5.74) is -1.76. The van der Waals surface area contributed by atoms with Crippen LogP contribution in [0.25, 0.3) is 16.8 Å². The molecular weight excluding hydrogens is 464 g/mol. The summed E-state index contributed by atoms with van der Waals surface area (Å²) in [5.74, 6) is -2.14. The van der Waals surface area contributed by atoms with Gasteiger partial charge in [-0.2, -0.15) is 13.2 Å². The molecule has 0 unspecified atom stereocenters. The van der Waals surface area contributed by atoms with Gasteiger partial charge in [0.05, 0.1) is 5.57 Å². The van der Waals surface area contributed by atoms with Crippen molar-refractivity contribution in [3.63, 3.8) is 0 Å². The number of carbonyl (C=O) groups is 1. The first kappa shape index (κ1) is 24.0. The van der Waals surface area contributed by atoms with E-state index in [9.17, 15) is 22.4 Å². The predicted octanol–water partition coefficient (Wildman–Crippen LogP) is 5.84. The third kappa shape index (κ3) is 5.06. The average Bonchev–Trinajstić information content (AvgIpc) is 3.19. The highest BCUT2D eigenvalue weighted by molar-refractivity contribution is 6.31. The Kier molecular flexibility index (Phi) is 6.87. The van der Waals surface area contributed by atoms with Crippen molar-refractivity contribution >= 4 is 35.0 Å². The van der Waals surface area contributed by atoms with Crippen molar-refractivity contribution in [1.82, 2.24) is 10.5 Å². The molecule has 11 heteroatoms. The van der Waals surface area contributed by atoms with Gasteiger partial charge in [0.2, 0.25) is 0 Å². The van der Waals surface area contributed by atoms with Crippen LogP contribution in [0, 0.1) is 18.2 Å². The van der Waals surface area contributed by atoms with Crippen molar-refractivity contribution < 1.29 is 26.9 Å². The zero-order valence-corrected chi connectivity index (χ0v) is 18.0. The van der Waals surface area contributed by atoms with E-state index in [0.717, 1.165) is 17.7 Å². The topological polar surface area (TPSA) is 91.0 Å². The van der Waals surface area contributed by atoms with Crippen LogP contribution >= 0.6 is 11.6 Å². The van der Waals surface area contributed by atoms with E-state index in [4.69, 9.17) is 21.5 Å². The molecule has 1 amide bonds. The summed E-state index contributed by atoms with van der Waals surface area (Å²) in [5, 5.41) is 16.2. The molecule has 0 aliphatic heterocycles. The molecule has 0 saturated heterocycles. The highest BCUT2D eigenvalue weighted by Gasteiger charge is 2.39. The Morgan fingerprint density at radius 3 is 2.52 bits per heavy atom. The number of allylic oxidation sites excluding steroid dienone is 2. The lowest BCUT2D eigenvalue weighted by molar-refractivity contribution is -0.0896. The van der Waals surface area contributed by atoms with E-state index in [1.807, 2.05) is 0 Å². The highest BCUT2D eigenvalue weighted by Crippen LogP contribution is 2.37. The maximum absolute atomic E-state index is 14.0. The second kappa shape index (κ2) is 9.45. The summed E-state index contributed by atoms with van der Waals surface area (Å²) >= 11 is 6.15. The molecule has 0 fully saturated rings. The Bertz CT molecular complexity index is 1250. The number of carbonyl (C=O) groups excluding carboxylic acids is 1. The number of rotatable bonds is 6. The van der Waals surface area contributed by atoms with Gasteiger partial charge in [-0.25, -0.2) is 4.39 Å². The molecule has 3 N–H and O–H groups in total. The van der Waals surface area contributed by atoms with Crippen LogP contribution in [0.15, 0.2) is 52.7 Å². The average molecular weight is 481 g/mol. The van der Waals surface area contributed by atoms with Crippen molar-refractivity contribution in [1.29, 1.82) is 5.41 Å². The number of aryl methyl sites for hydroxylation is 1. The third-order valence-electron chi connectivity index (χ3n) is 4.63. The molecule has 6 nitrogen and oxygen atoms in total. The lowest BCUT2D eigenvalue weighted by atomic mass is 10.00. The standard InChI is InChI=1S/C22H17ClF4N4O2/c1-11-6-7-12(8-16(11)23)18-17(21(32)29-2)19(33-31-18)15(10-28)20(22(25,26)27)30-14-5-3-4-13(24)9-14/h3-10,28,30H,1-2H3,(H,29,32)/b20-15+,28-10?. The maximum atomic E-state index is 14.0. The Balaban J connectivity index is 2.26. The monoisotopic (exact) mass is 480 g/mol. The Labute approximate surface area is 190 Å². The van der Waals surface area contributed by atoms with Gasteiger partial charge in [-0.15, -0.1) is 0 Å². The summed E-state index contributed by atoms with van der Waals surface area (Å²) in [6.45, 7) is 1.75. The minimum atomic E-state index is -5.01. The SMILES string of the molecule is CNC(=O)c1c(-c2ccc(C)c(Cl)c2)noc1/C(C=N)=C(/Nc1cccc(F)c1)C(F)(F)F. The number of anilines is 1. The maximum Gasteiger partial charge on any atom is 0.432 e. The lowest BCUT2D eigenvalue weighted by Gasteiger charge is -2.17. The number of nitrogens with zero attached hydrogens (tertiary/aromatic N) is 1. The number of alkyl halides is 3. The predicted molar refractivity (Wildman–Crippen MR) is 117 cm³/mol. The van der Waals surface area contributed by atoms with Crippen LogP contribution in [0.4, 0.5) is 23.2 Å². The van der Waals surface area contributed by atoms with Crippen LogP contribution in [0.1, 0.15) is 21.7 Å². The summed E-state index contributed by atoms with van der Waals surface area (Å²) in [6, 6.07) is 9.09.